The van der Waals surface area contributed by atoms with Crippen molar-refractivity contribution >= 4 is 64.9 Å². The minimum atomic E-state index is 0.548. The molecule has 0 N–H and O–H groups in total. The average molecular weight is 700 g/mol. The van der Waals surface area contributed by atoms with E-state index in [1.165, 1.54) is 59.4 Å². The second-order valence-electron chi connectivity index (χ2n) is 13.9. The molecule has 0 saturated carbocycles. The predicted molar refractivity (Wildman–Crippen MR) is 225 cm³/mol. The lowest BCUT2D eigenvalue weighted by molar-refractivity contribution is 1.07. The molecule has 11 rings (SSSR count). The molecule has 254 valence electrons. The lowest BCUT2D eigenvalue weighted by atomic mass is 9.88. The molecule has 0 spiro atoms. The van der Waals surface area contributed by atoms with E-state index in [1.54, 1.807) is 12.1 Å². The van der Waals surface area contributed by atoms with Gasteiger partial charge in [-0.2, -0.15) is 5.26 Å². The van der Waals surface area contributed by atoms with E-state index in [9.17, 15) is 5.26 Å². The Labute approximate surface area is 316 Å². The molecule has 0 unspecified atom stereocenters. The first kappa shape index (κ1) is 30.9. The zero-order valence-electron chi connectivity index (χ0n) is 29.5. The van der Waals surface area contributed by atoms with Gasteiger partial charge in [-0.15, -0.1) is 0 Å². The fourth-order valence-corrected chi connectivity index (χ4v) is 8.43. The van der Waals surface area contributed by atoms with Crippen molar-refractivity contribution in [2.45, 2.75) is 0 Å². The number of fused-ring (bicyclic) bond motifs is 13. The van der Waals surface area contributed by atoms with Crippen molar-refractivity contribution < 1.29 is 0 Å². The lowest BCUT2D eigenvalue weighted by Gasteiger charge is -2.16. The molecular weight excluding hydrogens is 671 g/mol. The van der Waals surface area contributed by atoms with Crippen LogP contribution < -0.4 is 0 Å². The topological polar surface area (TPSA) is 67.4 Å². The number of benzene rings is 9. The highest BCUT2D eigenvalue weighted by Gasteiger charge is 2.22. The second-order valence-corrected chi connectivity index (χ2v) is 13.9. The quantitative estimate of drug-likeness (QED) is 0.172. The molecule has 11 aromatic rings. The molecule has 5 heteroatoms. The predicted octanol–water partition coefficient (Wildman–Crippen LogP) is 12.5. The van der Waals surface area contributed by atoms with Crippen LogP contribution in [-0.4, -0.2) is 19.5 Å². The van der Waals surface area contributed by atoms with Gasteiger partial charge < -0.3 is 4.57 Å². The number of hydrogen-bond acceptors (Lipinski definition) is 4. The molecule has 0 amide bonds. The maximum absolute atomic E-state index is 9.43. The van der Waals surface area contributed by atoms with Crippen LogP contribution in [0, 0.1) is 11.3 Å². The van der Waals surface area contributed by atoms with Crippen molar-refractivity contribution in [2.24, 2.45) is 0 Å². The molecule has 55 heavy (non-hydrogen) atoms. The molecule has 0 radical (unpaired) electrons. The molecule has 0 saturated heterocycles. The third-order valence-electron chi connectivity index (χ3n) is 10.8. The number of aromatic nitrogens is 4. The Morgan fingerprint density at radius 1 is 0.382 bits per heavy atom. The first-order valence-electron chi connectivity index (χ1n) is 18.3. The van der Waals surface area contributed by atoms with Gasteiger partial charge >= 0.3 is 0 Å². The summed E-state index contributed by atoms with van der Waals surface area (Å²) in [5.41, 5.74) is 6.49. The summed E-state index contributed by atoms with van der Waals surface area (Å²) in [5, 5.41) is 21.9. The van der Waals surface area contributed by atoms with Crippen LogP contribution in [0.25, 0.3) is 105 Å². The Kier molecular flexibility index (Phi) is 6.85. The summed E-state index contributed by atoms with van der Waals surface area (Å²) >= 11 is 0. The van der Waals surface area contributed by atoms with Crippen LogP contribution in [0.2, 0.25) is 0 Å². The Balaban J connectivity index is 1.23. The van der Waals surface area contributed by atoms with Crippen LogP contribution >= 0.6 is 0 Å². The number of para-hydroxylation sites is 1. The van der Waals surface area contributed by atoms with Gasteiger partial charge in [-0.1, -0.05) is 133 Å². The molecule has 0 atom stereocenters. The molecule has 2 heterocycles. The Bertz CT molecular complexity index is 3370. The Morgan fingerprint density at radius 2 is 0.873 bits per heavy atom. The van der Waals surface area contributed by atoms with Crippen molar-refractivity contribution in [2.75, 3.05) is 0 Å². The monoisotopic (exact) mass is 699 g/mol. The molecule has 0 aliphatic heterocycles. The second kappa shape index (κ2) is 12.2. The normalized spacial score (nSPS) is 11.6. The van der Waals surface area contributed by atoms with Crippen LogP contribution in [-0.2, 0) is 0 Å². The van der Waals surface area contributed by atoms with Gasteiger partial charge in [0, 0.05) is 43.9 Å². The summed E-state index contributed by atoms with van der Waals surface area (Å²) in [6, 6.07) is 63.4. The van der Waals surface area contributed by atoms with Gasteiger partial charge in [-0.05, 0) is 74.8 Å². The maximum Gasteiger partial charge on any atom is 0.164 e. The number of nitrogens with zero attached hydrogens (tertiary/aromatic N) is 5. The molecular formula is C50H29N5. The van der Waals surface area contributed by atoms with Gasteiger partial charge in [-0.3, -0.25) is 0 Å². The highest BCUT2D eigenvalue weighted by molar-refractivity contribution is 6.42. The highest BCUT2D eigenvalue weighted by Crippen LogP contribution is 2.47. The van der Waals surface area contributed by atoms with E-state index in [2.05, 4.69) is 132 Å². The van der Waals surface area contributed by atoms with E-state index in [-0.39, 0.29) is 0 Å². The lowest BCUT2D eigenvalue weighted by Crippen LogP contribution is -2.01. The minimum Gasteiger partial charge on any atom is -0.309 e. The molecule has 2 aromatic heterocycles. The number of nitriles is 1. The van der Waals surface area contributed by atoms with Crippen LogP contribution in [0.4, 0.5) is 0 Å². The van der Waals surface area contributed by atoms with Crippen molar-refractivity contribution in [3.8, 4) is 45.9 Å². The summed E-state index contributed by atoms with van der Waals surface area (Å²) in [7, 11) is 0. The third-order valence-corrected chi connectivity index (χ3v) is 10.8. The fourth-order valence-electron chi connectivity index (χ4n) is 8.43. The first-order valence-corrected chi connectivity index (χ1v) is 18.3. The van der Waals surface area contributed by atoms with E-state index in [4.69, 9.17) is 15.0 Å². The Morgan fingerprint density at radius 3 is 1.53 bits per heavy atom. The van der Waals surface area contributed by atoms with E-state index < -0.39 is 0 Å². The van der Waals surface area contributed by atoms with Crippen molar-refractivity contribution in [1.82, 2.24) is 19.5 Å². The van der Waals surface area contributed by atoms with Crippen molar-refractivity contribution in [3.63, 3.8) is 0 Å². The van der Waals surface area contributed by atoms with Crippen LogP contribution in [0.15, 0.2) is 176 Å². The van der Waals surface area contributed by atoms with Gasteiger partial charge in [0.1, 0.15) is 0 Å². The Hall–Kier alpha value is -7.68. The van der Waals surface area contributed by atoms with E-state index in [0.717, 1.165) is 27.9 Å². The van der Waals surface area contributed by atoms with Crippen LogP contribution in [0.3, 0.4) is 0 Å². The standard InChI is InChI=1S/C50H29N5/c51-30-31-25-27-33(28-26-31)49-52-48(32-13-2-1-3-14-32)53-50(54-49)34-15-12-16-35(29-34)55-43-24-11-10-23-42(43)46-45-39-20-7-5-18-37(39)36-17-4-6-19-38(36)44(45)40-21-8-9-22-41(40)47(46)55/h1-29H. The van der Waals surface area contributed by atoms with Gasteiger partial charge in [-0.25, -0.2) is 15.0 Å². The van der Waals surface area contributed by atoms with Crippen molar-refractivity contribution in [1.29, 1.82) is 5.26 Å². The fraction of sp³-hybridized carbons (Fsp3) is 0. The summed E-state index contributed by atoms with van der Waals surface area (Å²) in [6.45, 7) is 0. The van der Waals surface area contributed by atoms with E-state index in [0.29, 0.717) is 23.0 Å². The molecule has 0 bridgehead atoms. The summed E-state index contributed by atoms with van der Waals surface area (Å²) < 4.78 is 2.42. The van der Waals surface area contributed by atoms with E-state index in [1.807, 2.05) is 42.5 Å². The molecule has 0 aliphatic carbocycles. The molecule has 9 aromatic carbocycles. The minimum absolute atomic E-state index is 0.548. The zero-order valence-corrected chi connectivity index (χ0v) is 29.5. The van der Waals surface area contributed by atoms with Gasteiger partial charge in [0.05, 0.1) is 22.7 Å². The highest BCUT2D eigenvalue weighted by atomic mass is 15.0. The number of rotatable bonds is 4. The SMILES string of the molecule is N#Cc1ccc(-c2nc(-c3ccccc3)nc(-c3cccc(-n4c5ccccc5c5c6c7ccccc7c7ccccc7c6c6ccccc6c54)c3)n2)cc1. The summed E-state index contributed by atoms with van der Waals surface area (Å²) in [5.74, 6) is 1.71. The van der Waals surface area contributed by atoms with E-state index >= 15 is 0 Å². The third kappa shape index (κ3) is 4.76. The van der Waals surface area contributed by atoms with Crippen molar-refractivity contribution in [3.05, 3.63) is 181 Å². The summed E-state index contributed by atoms with van der Waals surface area (Å²) in [6.07, 6.45) is 0. The average Bonchev–Trinajstić information content (AvgIpc) is 3.62. The molecule has 5 nitrogen and oxygen atoms in total. The molecule has 0 fully saturated rings. The largest absolute Gasteiger partial charge is 0.309 e. The first-order chi connectivity index (χ1) is 27.2. The number of hydrogen-bond donors (Lipinski definition) is 0. The summed E-state index contributed by atoms with van der Waals surface area (Å²) in [4.78, 5) is 15.0. The van der Waals surface area contributed by atoms with Gasteiger partial charge in [0.15, 0.2) is 17.5 Å². The van der Waals surface area contributed by atoms with Gasteiger partial charge in [0.25, 0.3) is 0 Å². The molecule has 0 aliphatic rings. The van der Waals surface area contributed by atoms with Gasteiger partial charge in [0.2, 0.25) is 0 Å². The maximum atomic E-state index is 9.43. The zero-order chi connectivity index (χ0) is 36.5. The van der Waals surface area contributed by atoms with Crippen LogP contribution in [0.1, 0.15) is 5.56 Å². The van der Waals surface area contributed by atoms with Crippen LogP contribution in [0.5, 0.6) is 0 Å². The smallest absolute Gasteiger partial charge is 0.164 e.